The predicted molar refractivity (Wildman–Crippen MR) is 134 cm³/mol. The van der Waals surface area contributed by atoms with Crippen LogP contribution in [-0.2, 0) is 27.2 Å². The van der Waals surface area contributed by atoms with E-state index in [1.807, 2.05) is 6.07 Å². The minimum absolute atomic E-state index is 0.0379. The van der Waals surface area contributed by atoms with E-state index in [2.05, 4.69) is 26.7 Å². The number of hydrogen-bond donors (Lipinski definition) is 2. The summed E-state index contributed by atoms with van der Waals surface area (Å²) in [4.78, 5) is 48.6. The second kappa shape index (κ2) is 12.2. The highest BCUT2D eigenvalue weighted by Gasteiger charge is 2.28. The van der Waals surface area contributed by atoms with E-state index in [9.17, 15) is 19.6 Å². The Balaban J connectivity index is 1.54. The van der Waals surface area contributed by atoms with Gasteiger partial charge < -0.3 is 19.7 Å². The summed E-state index contributed by atoms with van der Waals surface area (Å²) < 4.78 is 10.4. The summed E-state index contributed by atoms with van der Waals surface area (Å²) in [5.41, 5.74) is 2.52. The first-order valence-electron chi connectivity index (χ1n) is 12.1. The quantitative estimate of drug-likeness (QED) is 0.363. The second-order valence-corrected chi connectivity index (χ2v) is 8.76. The average Bonchev–Trinajstić information content (AvgIpc) is 3.46. The Bertz CT molecular complexity index is 1190. The highest BCUT2D eigenvalue weighted by Crippen LogP contribution is 2.29. The van der Waals surface area contributed by atoms with Crippen LogP contribution >= 0.6 is 0 Å². The molecule has 194 valence electrons. The second-order valence-electron chi connectivity index (χ2n) is 8.76. The largest absolute Gasteiger partial charge is 0.383 e. The number of nitrogens with zero attached hydrogens (tertiary/aromatic N) is 5. The van der Waals surface area contributed by atoms with Crippen molar-refractivity contribution in [1.82, 2.24) is 14.9 Å². The van der Waals surface area contributed by atoms with Crippen molar-refractivity contribution in [2.24, 2.45) is 0 Å². The van der Waals surface area contributed by atoms with Gasteiger partial charge in [0.15, 0.2) is 6.29 Å². The number of aromatic nitrogens is 2. The fourth-order valence-electron chi connectivity index (χ4n) is 4.44. The van der Waals surface area contributed by atoms with E-state index < -0.39 is 6.03 Å². The molecular formula is C25H29N7O5. The number of amides is 3. The van der Waals surface area contributed by atoms with Crippen LogP contribution in [0.15, 0.2) is 18.3 Å². The van der Waals surface area contributed by atoms with E-state index in [0.717, 1.165) is 18.4 Å². The van der Waals surface area contributed by atoms with Gasteiger partial charge in [0.1, 0.15) is 23.4 Å². The lowest BCUT2D eigenvalue weighted by atomic mass is 10.0. The zero-order valence-corrected chi connectivity index (χ0v) is 20.6. The summed E-state index contributed by atoms with van der Waals surface area (Å²) in [6.07, 6.45) is 4.95. The number of nitrogens with one attached hydrogen (secondary N) is 2. The summed E-state index contributed by atoms with van der Waals surface area (Å²) in [6.45, 7) is 2.66. The Morgan fingerprint density at radius 1 is 1.41 bits per heavy atom. The normalized spacial score (nSPS) is 16.4. The van der Waals surface area contributed by atoms with Gasteiger partial charge in [-0.2, -0.15) is 5.26 Å². The Morgan fingerprint density at radius 2 is 2.27 bits per heavy atom. The molecule has 2 N–H and O–H groups in total. The molecule has 2 aliphatic heterocycles. The van der Waals surface area contributed by atoms with Gasteiger partial charge in [0.2, 0.25) is 6.41 Å². The van der Waals surface area contributed by atoms with E-state index in [-0.39, 0.29) is 24.1 Å². The molecule has 0 aliphatic carbocycles. The van der Waals surface area contributed by atoms with Gasteiger partial charge in [0, 0.05) is 51.2 Å². The van der Waals surface area contributed by atoms with Gasteiger partial charge in [-0.3, -0.25) is 19.8 Å². The van der Waals surface area contributed by atoms with E-state index in [0.29, 0.717) is 74.7 Å². The smallest absolute Gasteiger partial charge is 0.328 e. The van der Waals surface area contributed by atoms with Crippen LogP contribution in [0.3, 0.4) is 0 Å². The van der Waals surface area contributed by atoms with Crippen LogP contribution in [0.4, 0.5) is 22.1 Å². The fourth-order valence-corrected chi connectivity index (χ4v) is 4.44. The van der Waals surface area contributed by atoms with E-state index in [1.54, 1.807) is 18.1 Å². The number of fused-ring (bicyclic) bond motifs is 1. The number of nitriles is 1. The van der Waals surface area contributed by atoms with Crippen molar-refractivity contribution in [3.8, 4) is 6.07 Å². The SMILES string of the molecule is COCCNc1cc(NC(=O)N2CCCc3cc(CN(C=O)[C@H]4CCOC4)c(C=O)nc32)ncc1C#N. The Kier molecular flexibility index (Phi) is 8.60. The molecule has 4 heterocycles. The summed E-state index contributed by atoms with van der Waals surface area (Å²) in [6, 6.07) is 5.03. The standard InChI is InChI=1S/C25H29N7O5/c1-36-8-5-27-21-10-23(28-12-19(21)11-26)30-25(35)32-6-2-3-17-9-18(22(14-33)29-24(17)32)13-31(16-34)20-4-7-37-15-20/h9-10,12,14,16,20H,2-8,13,15H2,1H3,(H2,27,28,30,35)/t20-/m0/s1. The van der Waals surface area contributed by atoms with Gasteiger partial charge in [-0.15, -0.1) is 0 Å². The number of hydrogen-bond acceptors (Lipinski definition) is 9. The number of carbonyl (C=O) groups is 3. The van der Waals surface area contributed by atoms with Crippen LogP contribution in [-0.4, -0.2) is 79.7 Å². The van der Waals surface area contributed by atoms with Crippen LogP contribution in [0.25, 0.3) is 0 Å². The molecule has 0 saturated carbocycles. The van der Waals surface area contributed by atoms with Gasteiger partial charge in [-0.05, 0) is 30.9 Å². The van der Waals surface area contributed by atoms with Crippen molar-refractivity contribution < 1.29 is 23.9 Å². The van der Waals surface area contributed by atoms with Crippen molar-refractivity contribution in [2.75, 3.05) is 55.6 Å². The third kappa shape index (κ3) is 6.02. The molecule has 3 amide bonds. The van der Waals surface area contributed by atoms with E-state index in [4.69, 9.17) is 9.47 Å². The molecule has 0 bridgehead atoms. The maximum atomic E-state index is 13.2. The first kappa shape index (κ1) is 26.0. The number of carbonyl (C=O) groups excluding carboxylic acids is 3. The Morgan fingerprint density at radius 3 is 2.97 bits per heavy atom. The lowest BCUT2D eigenvalue weighted by Crippen LogP contribution is -2.40. The number of urea groups is 1. The van der Waals surface area contributed by atoms with Crippen LogP contribution in [0.5, 0.6) is 0 Å². The Labute approximate surface area is 214 Å². The lowest BCUT2D eigenvalue weighted by Gasteiger charge is -2.30. The predicted octanol–water partition coefficient (Wildman–Crippen LogP) is 1.95. The van der Waals surface area contributed by atoms with Crippen LogP contribution in [0.1, 0.15) is 40.0 Å². The molecule has 2 aromatic rings. The number of anilines is 3. The first-order chi connectivity index (χ1) is 18.1. The van der Waals surface area contributed by atoms with Crippen LogP contribution < -0.4 is 15.5 Å². The molecule has 0 spiro atoms. The number of aryl methyl sites for hydroxylation is 1. The van der Waals surface area contributed by atoms with Crippen LogP contribution in [0.2, 0.25) is 0 Å². The van der Waals surface area contributed by atoms with E-state index >= 15 is 0 Å². The number of methoxy groups -OCH3 is 1. The van der Waals surface area contributed by atoms with Gasteiger partial charge in [0.25, 0.3) is 0 Å². The van der Waals surface area contributed by atoms with Gasteiger partial charge in [-0.1, -0.05) is 0 Å². The third-order valence-corrected chi connectivity index (χ3v) is 6.38. The van der Waals surface area contributed by atoms with Crippen molar-refractivity contribution in [3.05, 3.63) is 40.7 Å². The summed E-state index contributed by atoms with van der Waals surface area (Å²) in [7, 11) is 1.58. The molecule has 37 heavy (non-hydrogen) atoms. The van der Waals surface area contributed by atoms with Gasteiger partial charge >= 0.3 is 6.03 Å². The number of rotatable bonds is 10. The van der Waals surface area contributed by atoms with E-state index in [1.165, 1.54) is 11.1 Å². The van der Waals surface area contributed by atoms with Gasteiger partial charge in [0.05, 0.1) is 30.5 Å². The van der Waals surface area contributed by atoms with Crippen LogP contribution in [0, 0.1) is 11.3 Å². The lowest BCUT2D eigenvalue weighted by molar-refractivity contribution is -0.120. The molecule has 0 unspecified atom stereocenters. The van der Waals surface area contributed by atoms with Crippen molar-refractivity contribution in [3.63, 3.8) is 0 Å². The Hall–Kier alpha value is -4.08. The first-order valence-corrected chi connectivity index (χ1v) is 12.1. The molecule has 1 atom stereocenters. The van der Waals surface area contributed by atoms with Crippen molar-refractivity contribution >= 4 is 36.1 Å². The third-order valence-electron chi connectivity index (χ3n) is 6.38. The molecule has 12 heteroatoms. The van der Waals surface area contributed by atoms with Gasteiger partial charge in [-0.25, -0.2) is 14.8 Å². The highest BCUT2D eigenvalue weighted by atomic mass is 16.5. The highest BCUT2D eigenvalue weighted by molar-refractivity contribution is 6.01. The molecule has 1 fully saturated rings. The fraction of sp³-hybridized carbons (Fsp3) is 0.440. The molecule has 12 nitrogen and oxygen atoms in total. The van der Waals surface area contributed by atoms with Crippen molar-refractivity contribution in [1.29, 1.82) is 5.26 Å². The number of aldehydes is 1. The molecule has 2 aliphatic rings. The monoisotopic (exact) mass is 507 g/mol. The minimum Gasteiger partial charge on any atom is -0.383 e. The molecule has 0 aromatic carbocycles. The molecule has 2 aromatic heterocycles. The maximum Gasteiger partial charge on any atom is 0.328 e. The topological polar surface area (TPSA) is 150 Å². The summed E-state index contributed by atoms with van der Waals surface area (Å²) >= 11 is 0. The minimum atomic E-state index is -0.448. The number of ether oxygens (including phenoxy) is 2. The zero-order valence-electron chi connectivity index (χ0n) is 20.6. The zero-order chi connectivity index (χ0) is 26.2. The molecule has 1 saturated heterocycles. The summed E-state index contributed by atoms with van der Waals surface area (Å²) in [5.74, 6) is 0.673. The molecule has 0 radical (unpaired) electrons. The molecule has 4 rings (SSSR count). The maximum absolute atomic E-state index is 13.2. The van der Waals surface area contributed by atoms with Crippen molar-refractivity contribution in [2.45, 2.75) is 31.8 Å². The summed E-state index contributed by atoms with van der Waals surface area (Å²) in [5, 5.41) is 15.2. The number of pyridine rings is 2. The molecular weight excluding hydrogens is 478 g/mol. The average molecular weight is 508 g/mol.